The maximum atomic E-state index is 11.3. The molecule has 1 atom stereocenters. The first-order chi connectivity index (χ1) is 11.5. The second-order valence-corrected chi connectivity index (χ2v) is 7.89. The fraction of sp³-hybridized carbons (Fsp3) is 0.933. The molecule has 1 heterocycles. The van der Waals surface area contributed by atoms with Gasteiger partial charge in [-0.2, -0.15) is 0 Å². The zero-order chi connectivity index (χ0) is 17.8. The van der Waals surface area contributed by atoms with Crippen LogP contribution in [0.25, 0.3) is 0 Å². The average Bonchev–Trinajstić information content (AvgIpc) is 3.03. The van der Waals surface area contributed by atoms with E-state index in [1.54, 1.807) is 21.1 Å². The lowest BCUT2D eigenvalue weighted by Crippen LogP contribution is -2.41. The lowest BCUT2D eigenvalue weighted by atomic mass is 10.1. The van der Waals surface area contributed by atoms with Crippen LogP contribution in [0.1, 0.15) is 19.8 Å². The van der Waals surface area contributed by atoms with Crippen LogP contribution in [0, 0.1) is 5.92 Å². The van der Waals surface area contributed by atoms with Crippen LogP contribution in [-0.4, -0.2) is 85.2 Å². The molecule has 8 nitrogen and oxygen atoms in total. The summed E-state index contributed by atoms with van der Waals surface area (Å²) < 4.78 is 35.8. The van der Waals surface area contributed by atoms with Crippen molar-refractivity contribution in [1.82, 2.24) is 14.9 Å². The van der Waals surface area contributed by atoms with Gasteiger partial charge in [0.1, 0.15) is 0 Å². The number of sulfonamides is 1. The van der Waals surface area contributed by atoms with Gasteiger partial charge < -0.3 is 19.7 Å². The third-order valence-electron chi connectivity index (χ3n) is 3.92. The molecule has 1 unspecified atom stereocenters. The van der Waals surface area contributed by atoms with Crippen LogP contribution in [0.3, 0.4) is 0 Å². The summed E-state index contributed by atoms with van der Waals surface area (Å²) >= 11 is 0. The highest BCUT2D eigenvalue weighted by molar-refractivity contribution is 14.0. The highest BCUT2D eigenvalue weighted by Crippen LogP contribution is 2.16. The zero-order valence-corrected chi connectivity index (χ0v) is 18.6. The number of likely N-dealkylation sites (tertiary alicyclic amines) is 1. The van der Waals surface area contributed by atoms with Crippen LogP contribution in [0.2, 0.25) is 0 Å². The molecule has 10 heteroatoms. The summed E-state index contributed by atoms with van der Waals surface area (Å²) in [6.07, 6.45) is 1.81. The predicted octanol–water partition coefficient (Wildman–Crippen LogP) is 0.494. The minimum absolute atomic E-state index is 0. The van der Waals surface area contributed by atoms with Crippen molar-refractivity contribution in [1.29, 1.82) is 0 Å². The second kappa shape index (κ2) is 14.0. The van der Waals surface area contributed by atoms with Crippen molar-refractivity contribution in [2.75, 3.05) is 65.9 Å². The number of rotatable bonds is 11. The van der Waals surface area contributed by atoms with Crippen LogP contribution in [0.15, 0.2) is 4.99 Å². The maximum Gasteiger partial charge on any atom is 0.211 e. The van der Waals surface area contributed by atoms with Gasteiger partial charge in [0.2, 0.25) is 10.0 Å². The van der Waals surface area contributed by atoms with Crippen molar-refractivity contribution in [2.24, 2.45) is 10.9 Å². The first-order valence-corrected chi connectivity index (χ1v) is 10.2. The number of nitrogens with zero attached hydrogens (tertiary/aromatic N) is 2. The largest absolute Gasteiger partial charge is 0.382 e. The summed E-state index contributed by atoms with van der Waals surface area (Å²) in [5.41, 5.74) is 0. The van der Waals surface area contributed by atoms with Gasteiger partial charge in [0.05, 0.1) is 25.6 Å². The van der Waals surface area contributed by atoms with Crippen molar-refractivity contribution >= 4 is 40.0 Å². The number of hydrogen-bond donors (Lipinski definition) is 2. The van der Waals surface area contributed by atoms with E-state index in [2.05, 4.69) is 19.9 Å². The topological polar surface area (TPSA) is 92.3 Å². The van der Waals surface area contributed by atoms with E-state index in [9.17, 15) is 8.42 Å². The van der Waals surface area contributed by atoms with E-state index in [4.69, 9.17) is 9.47 Å². The van der Waals surface area contributed by atoms with Crippen LogP contribution in [0.5, 0.6) is 0 Å². The molecule has 0 spiro atoms. The lowest BCUT2D eigenvalue weighted by Gasteiger charge is -2.21. The number of guanidine groups is 1. The first kappa shape index (κ1) is 24.8. The molecule has 25 heavy (non-hydrogen) atoms. The van der Waals surface area contributed by atoms with Gasteiger partial charge in [0, 0.05) is 46.3 Å². The summed E-state index contributed by atoms with van der Waals surface area (Å²) in [4.78, 5) is 6.53. The maximum absolute atomic E-state index is 11.3. The van der Waals surface area contributed by atoms with Gasteiger partial charge in [-0.15, -0.1) is 24.0 Å². The normalized spacial score (nSPS) is 18.3. The lowest BCUT2D eigenvalue weighted by molar-refractivity contribution is 0.0536. The van der Waals surface area contributed by atoms with Crippen LogP contribution < -0.4 is 10.0 Å². The highest BCUT2D eigenvalue weighted by Gasteiger charge is 2.24. The van der Waals surface area contributed by atoms with E-state index in [1.165, 1.54) is 0 Å². The Morgan fingerprint density at radius 2 is 2.08 bits per heavy atom. The third-order valence-corrected chi connectivity index (χ3v) is 5.33. The zero-order valence-electron chi connectivity index (χ0n) is 15.5. The molecule has 150 valence electrons. The van der Waals surface area contributed by atoms with E-state index < -0.39 is 10.0 Å². The second-order valence-electron chi connectivity index (χ2n) is 5.79. The predicted molar refractivity (Wildman–Crippen MR) is 111 cm³/mol. The number of halogens is 1. The molecular weight excluding hydrogens is 459 g/mol. The van der Waals surface area contributed by atoms with Crippen molar-refractivity contribution < 1.29 is 17.9 Å². The Balaban J connectivity index is 0.00000576. The molecular formula is C15H33IN4O4S. The molecule has 1 saturated heterocycles. The SMILES string of the molecule is CCS(=O)(=O)NCCCNC(=NC)N1CCC(COCCOC)C1.I. The minimum Gasteiger partial charge on any atom is -0.382 e. The highest BCUT2D eigenvalue weighted by atomic mass is 127. The van der Waals surface area contributed by atoms with Gasteiger partial charge >= 0.3 is 0 Å². The van der Waals surface area contributed by atoms with E-state index in [1.807, 2.05) is 0 Å². The van der Waals surface area contributed by atoms with Gasteiger partial charge in [-0.1, -0.05) is 0 Å². The van der Waals surface area contributed by atoms with Gasteiger partial charge in [0.15, 0.2) is 5.96 Å². The first-order valence-electron chi connectivity index (χ1n) is 8.52. The monoisotopic (exact) mass is 492 g/mol. The number of nitrogens with one attached hydrogen (secondary N) is 2. The molecule has 0 aliphatic carbocycles. The van der Waals surface area contributed by atoms with Crippen molar-refractivity contribution in [3.05, 3.63) is 0 Å². The smallest absolute Gasteiger partial charge is 0.211 e. The molecule has 0 aromatic rings. The summed E-state index contributed by atoms with van der Waals surface area (Å²) in [6.45, 7) is 6.64. The van der Waals surface area contributed by atoms with Gasteiger partial charge in [-0.3, -0.25) is 4.99 Å². The van der Waals surface area contributed by atoms with Gasteiger partial charge in [-0.25, -0.2) is 13.1 Å². The molecule has 0 aromatic carbocycles. The van der Waals surface area contributed by atoms with Crippen molar-refractivity contribution in [3.8, 4) is 0 Å². The molecule has 2 N–H and O–H groups in total. The molecule has 1 rings (SSSR count). The Bertz CT molecular complexity index is 476. The van der Waals surface area contributed by atoms with E-state index in [-0.39, 0.29) is 29.7 Å². The van der Waals surface area contributed by atoms with Crippen LogP contribution >= 0.6 is 24.0 Å². The number of aliphatic imine (C=N–C) groups is 1. The van der Waals surface area contributed by atoms with E-state index >= 15 is 0 Å². The molecule has 0 amide bonds. The Labute approximate surface area is 169 Å². The number of methoxy groups -OCH3 is 1. The Morgan fingerprint density at radius 3 is 2.72 bits per heavy atom. The number of ether oxygens (including phenoxy) is 2. The molecule has 0 radical (unpaired) electrons. The fourth-order valence-corrected chi connectivity index (χ4v) is 3.16. The summed E-state index contributed by atoms with van der Waals surface area (Å²) in [5, 5.41) is 3.29. The van der Waals surface area contributed by atoms with Gasteiger partial charge in [0.25, 0.3) is 0 Å². The average molecular weight is 492 g/mol. The van der Waals surface area contributed by atoms with Crippen LogP contribution in [-0.2, 0) is 19.5 Å². The minimum atomic E-state index is -3.10. The Kier molecular flexibility index (Phi) is 13.9. The van der Waals surface area contributed by atoms with Crippen LogP contribution in [0.4, 0.5) is 0 Å². The Morgan fingerprint density at radius 1 is 1.32 bits per heavy atom. The Hall–Kier alpha value is -0.170. The third kappa shape index (κ3) is 10.5. The summed E-state index contributed by atoms with van der Waals surface area (Å²) in [7, 11) is 0.335. The fourth-order valence-electron chi connectivity index (χ4n) is 2.50. The van der Waals surface area contributed by atoms with Crippen molar-refractivity contribution in [3.63, 3.8) is 0 Å². The molecule has 1 aliphatic rings. The summed E-state index contributed by atoms with van der Waals surface area (Å²) in [5.74, 6) is 1.49. The van der Waals surface area contributed by atoms with Gasteiger partial charge in [-0.05, 0) is 19.8 Å². The standard InChI is InChI=1S/C15H32N4O4S.HI/c1-4-24(20,21)18-8-5-7-17-15(16-2)19-9-6-14(12-19)13-23-11-10-22-3;/h14,18H,4-13H2,1-3H3,(H,16,17);1H. The molecule has 0 bridgehead atoms. The number of hydrogen-bond acceptors (Lipinski definition) is 5. The van der Waals surface area contributed by atoms with E-state index in [0.717, 1.165) is 38.5 Å². The molecule has 0 saturated carbocycles. The molecule has 1 fully saturated rings. The summed E-state index contributed by atoms with van der Waals surface area (Å²) in [6, 6.07) is 0. The van der Waals surface area contributed by atoms with Crippen molar-refractivity contribution in [2.45, 2.75) is 19.8 Å². The molecule has 1 aliphatic heterocycles. The molecule has 0 aromatic heterocycles. The quantitative estimate of drug-likeness (QED) is 0.189. The van der Waals surface area contributed by atoms with E-state index in [0.29, 0.717) is 32.2 Å².